The third kappa shape index (κ3) is 3.86. The highest BCUT2D eigenvalue weighted by Crippen LogP contribution is 2.28. The van der Waals surface area contributed by atoms with Gasteiger partial charge in [0.2, 0.25) is 10.0 Å². The fourth-order valence-corrected chi connectivity index (χ4v) is 6.00. The molecule has 1 aliphatic rings. The zero-order chi connectivity index (χ0) is 18.9. The summed E-state index contributed by atoms with van der Waals surface area (Å²) in [4.78, 5) is 0.136. The van der Waals surface area contributed by atoms with Crippen LogP contribution in [0.2, 0.25) is 0 Å². The summed E-state index contributed by atoms with van der Waals surface area (Å²) in [5.41, 5.74) is 2.46. The highest BCUT2D eigenvalue weighted by molar-refractivity contribution is 7.93. The predicted molar refractivity (Wildman–Crippen MR) is 104 cm³/mol. The van der Waals surface area contributed by atoms with Crippen molar-refractivity contribution in [1.29, 1.82) is 0 Å². The Morgan fingerprint density at radius 3 is 2.46 bits per heavy atom. The molecule has 0 bridgehead atoms. The van der Waals surface area contributed by atoms with Gasteiger partial charge in [-0.25, -0.2) is 16.8 Å². The average molecular weight is 395 g/mol. The van der Waals surface area contributed by atoms with Gasteiger partial charge in [0.1, 0.15) is 0 Å². The van der Waals surface area contributed by atoms with E-state index in [0.717, 1.165) is 12.0 Å². The number of nitrogens with zero attached hydrogens (tertiary/aromatic N) is 1. The second kappa shape index (κ2) is 6.92. The van der Waals surface area contributed by atoms with E-state index in [4.69, 9.17) is 0 Å². The van der Waals surface area contributed by atoms with Crippen LogP contribution in [0.3, 0.4) is 0 Å². The Balaban J connectivity index is 1.92. The van der Waals surface area contributed by atoms with E-state index in [1.807, 2.05) is 13.0 Å². The Morgan fingerprint density at radius 2 is 1.81 bits per heavy atom. The molecule has 0 unspecified atom stereocenters. The van der Waals surface area contributed by atoms with Crippen LogP contribution in [0.1, 0.15) is 24.0 Å². The molecule has 140 valence electrons. The second-order valence-corrected chi connectivity index (χ2v) is 10.2. The largest absolute Gasteiger partial charge is 0.280 e. The molecule has 0 amide bonds. The fraction of sp³-hybridized carbons (Fsp3) is 0.333. The molecule has 2 aromatic carbocycles. The lowest BCUT2D eigenvalue weighted by Crippen LogP contribution is -2.37. The SMILES string of the molecule is Cc1cccc(NS(=O)(=O)c2ccc(N3CCCCS3(=O)=O)cc2C)c1. The molecule has 6 nitrogen and oxygen atoms in total. The Labute approximate surface area is 155 Å². The average Bonchev–Trinajstić information content (AvgIpc) is 2.53. The van der Waals surface area contributed by atoms with Gasteiger partial charge >= 0.3 is 0 Å². The van der Waals surface area contributed by atoms with Crippen LogP contribution in [0.15, 0.2) is 47.4 Å². The van der Waals surface area contributed by atoms with Gasteiger partial charge in [-0.2, -0.15) is 0 Å². The van der Waals surface area contributed by atoms with Crippen molar-refractivity contribution in [1.82, 2.24) is 0 Å². The van der Waals surface area contributed by atoms with Gasteiger partial charge in [-0.1, -0.05) is 12.1 Å². The molecule has 0 aliphatic carbocycles. The summed E-state index contributed by atoms with van der Waals surface area (Å²) in [5, 5.41) is 0. The van der Waals surface area contributed by atoms with Gasteiger partial charge in [0.25, 0.3) is 10.0 Å². The smallest absolute Gasteiger partial charge is 0.262 e. The van der Waals surface area contributed by atoms with Gasteiger partial charge in [0.15, 0.2) is 0 Å². The summed E-state index contributed by atoms with van der Waals surface area (Å²) in [6, 6.07) is 11.7. The Kier molecular flexibility index (Phi) is 4.98. The molecule has 1 aliphatic heterocycles. The lowest BCUT2D eigenvalue weighted by atomic mass is 10.2. The van der Waals surface area contributed by atoms with Gasteiger partial charge in [-0.15, -0.1) is 0 Å². The molecule has 0 saturated carbocycles. The lowest BCUT2D eigenvalue weighted by Gasteiger charge is -2.28. The van der Waals surface area contributed by atoms with Crippen LogP contribution in [0.4, 0.5) is 11.4 Å². The molecule has 1 heterocycles. The van der Waals surface area contributed by atoms with Gasteiger partial charge in [0.05, 0.1) is 16.3 Å². The monoisotopic (exact) mass is 394 g/mol. The van der Waals surface area contributed by atoms with Crippen molar-refractivity contribution < 1.29 is 16.8 Å². The van der Waals surface area contributed by atoms with E-state index < -0.39 is 20.0 Å². The van der Waals surface area contributed by atoms with Gasteiger partial charge in [-0.3, -0.25) is 9.03 Å². The molecule has 0 radical (unpaired) electrons. The first-order valence-corrected chi connectivity index (χ1v) is 11.5. The topological polar surface area (TPSA) is 83.6 Å². The molecule has 8 heteroatoms. The minimum Gasteiger partial charge on any atom is -0.280 e. The number of hydrogen-bond acceptors (Lipinski definition) is 4. The van der Waals surface area contributed by atoms with E-state index in [1.54, 1.807) is 37.3 Å². The number of rotatable bonds is 4. The second-order valence-electron chi connectivity index (χ2n) is 6.52. The van der Waals surface area contributed by atoms with Crippen molar-refractivity contribution in [3.63, 3.8) is 0 Å². The molecule has 1 fully saturated rings. The Morgan fingerprint density at radius 1 is 1.04 bits per heavy atom. The summed E-state index contributed by atoms with van der Waals surface area (Å²) in [6.45, 7) is 3.98. The summed E-state index contributed by atoms with van der Waals surface area (Å²) >= 11 is 0. The standard InChI is InChI=1S/C18H22N2O4S2/c1-14-6-5-7-16(12-14)19-26(23,24)18-9-8-17(13-15(18)2)20-10-3-4-11-25(20,21)22/h5-9,12-13,19H,3-4,10-11H2,1-2H3. The van der Waals surface area contributed by atoms with Crippen LogP contribution in [0.5, 0.6) is 0 Å². The minimum atomic E-state index is -3.75. The summed E-state index contributed by atoms with van der Waals surface area (Å²) in [5.74, 6) is 0.126. The highest BCUT2D eigenvalue weighted by atomic mass is 32.2. The maximum atomic E-state index is 12.7. The number of hydrogen-bond donors (Lipinski definition) is 1. The number of benzene rings is 2. The maximum Gasteiger partial charge on any atom is 0.262 e. The third-order valence-electron chi connectivity index (χ3n) is 4.36. The first-order chi connectivity index (χ1) is 12.2. The van der Waals surface area contributed by atoms with Gasteiger partial charge in [-0.05, 0) is 68.1 Å². The van der Waals surface area contributed by atoms with Gasteiger partial charge in [0, 0.05) is 12.2 Å². The zero-order valence-corrected chi connectivity index (χ0v) is 16.4. The quantitative estimate of drug-likeness (QED) is 0.864. The Hall–Kier alpha value is -2.06. The van der Waals surface area contributed by atoms with E-state index >= 15 is 0 Å². The molecule has 1 N–H and O–H groups in total. The fourth-order valence-electron chi connectivity index (χ4n) is 3.09. The maximum absolute atomic E-state index is 12.7. The Bertz CT molecular complexity index is 1030. The van der Waals surface area contributed by atoms with Crippen molar-refractivity contribution in [3.8, 4) is 0 Å². The van der Waals surface area contributed by atoms with E-state index in [2.05, 4.69) is 4.72 Å². The molecule has 0 aromatic heterocycles. The lowest BCUT2D eigenvalue weighted by molar-refractivity contribution is 0.574. The first-order valence-electron chi connectivity index (χ1n) is 8.40. The molecule has 3 rings (SSSR count). The molecule has 1 saturated heterocycles. The summed E-state index contributed by atoms with van der Waals surface area (Å²) in [6.07, 6.45) is 1.46. The van der Waals surface area contributed by atoms with Crippen LogP contribution < -0.4 is 9.03 Å². The van der Waals surface area contributed by atoms with Crippen LogP contribution >= 0.6 is 0 Å². The summed E-state index contributed by atoms with van der Waals surface area (Å²) < 4.78 is 53.8. The van der Waals surface area contributed by atoms with Crippen molar-refractivity contribution in [2.45, 2.75) is 31.6 Å². The number of nitrogens with one attached hydrogen (secondary N) is 1. The van der Waals surface area contributed by atoms with Crippen molar-refractivity contribution in [2.24, 2.45) is 0 Å². The normalized spacial score (nSPS) is 17.1. The first kappa shape index (κ1) is 18.7. The van der Waals surface area contributed by atoms with Crippen LogP contribution in [0.25, 0.3) is 0 Å². The molecule has 2 aromatic rings. The highest BCUT2D eigenvalue weighted by Gasteiger charge is 2.27. The van der Waals surface area contributed by atoms with Crippen molar-refractivity contribution >= 4 is 31.4 Å². The number of anilines is 2. The van der Waals surface area contributed by atoms with Crippen LogP contribution in [-0.4, -0.2) is 29.1 Å². The predicted octanol–water partition coefficient (Wildman–Crippen LogP) is 3.03. The van der Waals surface area contributed by atoms with Crippen molar-refractivity contribution in [3.05, 3.63) is 53.6 Å². The van der Waals surface area contributed by atoms with Crippen LogP contribution in [0, 0.1) is 13.8 Å². The summed E-state index contributed by atoms with van der Waals surface area (Å²) in [7, 11) is -7.08. The molecule has 26 heavy (non-hydrogen) atoms. The zero-order valence-electron chi connectivity index (χ0n) is 14.8. The van der Waals surface area contributed by atoms with E-state index in [-0.39, 0.29) is 10.6 Å². The molecular weight excluding hydrogens is 372 g/mol. The van der Waals surface area contributed by atoms with Gasteiger partial charge < -0.3 is 0 Å². The van der Waals surface area contributed by atoms with E-state index in [9.17, 15) is 16.8 Å². The van der Waals surface area contributed by atoms with Crippen LogP contribution in [-0.2, 0) is 20.0 Å². The van der Waals surface area contributed by atoms with E-state index in [0.29, 0.717) is 29.9 Å². The molecule has 0 atom stereocenters. The molecule has 0 spiro atoms. The number of aryl methyl sites for hydroxylation is 2. The molecular formula is C18H22N2O4S2. The van der Waals surface area contributed by atoms with E-state index in [1.165, 1.54) is 10.4 Å². The number of sulfonamides is 2. The third-order valence-corrected chi connectivity index (χ3v) is 7.77. The van der Waals surface area contributed by atoms with Crippen molar-refractivity contribution in [2.75, 3.05) is 21.3 Å². The minimum absolute atomic E-state index is 0.126.